The first kappa shape index (κ1) is 14.1. The number of amides is 1. The minimum Gasteiger partial charge on any atom is -0.395 e. The van der Waals surface area contributed by atoms with E-state index in [1.54, 1.807) is 4.90 Å². The van der Waals surface area contributed by atoms with Crippen molar-refractivity contribution in [1.29, 1.82) is 0 Å². The highest BCUT2D eigenvalue weighted by molar-refractivity contribution is 5.87. The number of carbonyl (C=O) groups is 1. The molecule has 7 heteroatoms. The third kappa shape index (κ3) is 2.92. The van der Waals surface area contributed by atoms with Crippen LogP contribution in [0.3, 0.4) is 0 Å². The Morgan fingerprint density at radius 1 is 1.38 bits per heavy atom. The molecule has 1 aliphatic heterocycles. The standard InChI is InChI=1S/C14H17F2N3O2/c15-8-5-10(16)13(17)11(6-8)19-3-4-21-7-12(19)14(20)18-9-1-2-9/h5-6,9,12H,1-4,7,17H2,(H,18,20). The van der Waals surface area contributed by atoms with Crippen LogP contribution in [0.1, 0.15) is 12.8 Å². The van der Waals surface area contributed by atoms with Crippen molar-refractivity contribution in [3.05, 3.63) is 23.8 Å². The zero-order valence-electron chi connectivity index (χ0n) is 11.4. The van der Waals surface area contributed by atoms with Gasteiger partial charge in [0.05, 0.1) is 24.6 Å². The molecule has 1 saturated heterocycles. The second kappa shape index (κ2) is 5.48. The molecule has 1 atom stereocenters. The molecular formula is C14H17F2N3O2. The minimum absolute atomic E-state index is 0.150. The highest BCUT2D eigenvalue weighted by Gasteiger charge is 2.34. The molecule has 1 heterocycles. The molecule has 114 valence electrons. The van der Waals surface area contributed by atoms with Crippen LogP contribution in [0.4, 0.5) is 20.2 Å². The quantitative estimate of drug-likeness (QED) is 0.818. The molecule has 5 nitrogen and oxygen atoms in total. The van der Waals surface area contributed by atoms with Crippen molar-refractivity contribution in [1.82, 2.24) is 5.32 Å². The molecule has 0 aromatic heterocycles. The van der Waals surface area contributed by atoms with Crippen LogP contribution in [0.15, 0.2) is 12.1 Å². The lowest BCUT2D eigenvalue weighted by atomic mass is 10.1. The number of anilines is 2. The van der Waals surface area contributed by atoms with E-state index in [1.165, 1.54) is 0 Å². The Morgan fingerprint density at radius 3 is 2.86 bits per heavy atom. The number of ether oxygens (including phenoxy) is 1. The van der Waals surface area contributed by atoms with E-state index in [4.69, 9.17) is 10.5 Å². The Bertz CT molecular complexity index is 563. The molecule has 1 aromatic rings. The molecule has 1 aromatic carbocycles. The normalized spacial score (nSPS) is 22.2. The number of hydrogen-bond donors (Lipinski definition) is 2. The largest absolute Gasteiger partial charge is 0.395 e. The number of nitrogens with one attached hydrogen (secondary N) is 1. The summed E-state index contributed by atoms with van der Waals surface area (Å²) in [5.74, 6) is -1.73. The minimum atomic E-state index is -0.821. The molecule has 0 bridgehead atoms. The van der Waals surface area contributed by atoms with Crippen LogP contribution >= 0.6 is 0 Å². The van der Waals surface area contributed by atoms with Crippen LogP contribution in [0, 0.1) is 11.6 Å². The second-order valence-corrected chi connectivity index (χ2v) is 5.39. The van der Waals surface area contributed by atoms with E-state index in [1.807, 2.05) is 0 Å². The summed E-state index contributed by atoms with van der Waals surface area (Å²) in [6.07, 6.45) is 1.94. The number of halogens is 2. The predicted octanol–water partition coefficient (Wildman–Crippen LogP) is 1.03. The van der Waals surface area contributed by atoms with Crippen LogP contribution in [0.5, 0.6) is 0 Å². The summed E-state index contributed by atoms with van der Waals surface area (Å²) in [7, 11) is 0. The number of benzene rings is 1. The third-order valence-corrected chi connectivity index (χ3v) is 3.74. The van der Waals surface area contributed by atoms with E-state index in [2.05, 4.69) is 5.32 Å². The maximum absolute atomic E-state index is 13.6. The number of nitrogen functional groups attached to an aromatic ring is 1. The fourth-order valence-corrected chi connectivity index (χ4v) is 2.44. The van der Waals surface area contributed by atoms with Gasteiger partial charge in [-0.2, -0.15) is 0 Å². The van der Waals surface area contributed by atoms with E-state index in [9.17, 15) is 13.6 Å². The Balaban J connectivity index is 1.88. The summed E-state index contributed by atoms with van der Waals surface area (Å²) in [4.78, 5) is 13.9. The van der Waals surface area contributed by atoms with Crippen molar-refractivity contribution in [2.45, 2.75) is 24.9 Å². The molecule has 1 saturated carbocycles. The van der Waals surface area contributed by atoms with Gasteiger partial charge in [0.2, 0.25) is 5.91 Å². The fourth-order valence-electron chi connectivity index (χ4n) is 2.44. The Morgan fingerprint density at radius 2 is 2.14 bits per heavy atom. The highest BCUT2D eigenvalue weighted by atomic mass is 19.1. The van der Waals surface area contributed by atoms with Gasteiger partial charge in [0.1, 0.15) is 11.9 Å². The van der Waals surface area contributed by atoms with Gasteiger partial charge in [-0.3, -0.25) is 4.79 Å². The van der Waals surface area contributed by atoms with Gasteiger partial charge in [-0.15, -0.1) is 0 Å². The summed E-state index contributed by atoms with van der Waals surface area (Å²) < 4.78 is 32.4. The van der Waals surface area contributed by atoms with Crippen LogP contribution in [-0.4, -0.2) is 37.7 Å². The Kier molecular flexibility index (Phi) is 3.67. The summed E-state index contributed by atoms with van der Waals surface area (Å²) in [6, 6.07) is 1.48. The monoisotopic (exact) mass is 297 g/mol. The smallest absolute Gasteiger partial charge is 0.245 e. The second-order valence-electron chi connectivity index (χ2n) is 5.39. The Hall–Kier alpha value is -1.89. The number of hydrogen-bond acceptors (Lipinski definition) is 4. The van der Waals surface area contributed by atoms with Crippen LogP contribution in [0.25, 0.3) is 0 Å². The van der Waals surface area contributed by atoms with Gasteiger partial charge in [0.25, 0.3) is 0 Å². The first-order valence-corrected chi connectivity index (χ1v) is 6.95. The van der Waals surface area contributed by atoms with Crippen molar-refractivity contribution < 1.29 is 18.3 Å². The predicted molar refractivity (Wildman–Crippen MR) is 73.9 cm³/mol. The average Bonchev–Trinajstić information content (AvgIpc) is 3.26. The molecule has 1 aliphatic carbocycles. The number of rotatable bonds is 3. The number of nitrogens with two attached hydrogens (primary N) is 1. The lowest BCUT2D eigenvalue weighted by Crippen LogP contribution is -2.54. The molecule has 0 spiro atoms. The maximum atomic E-state index is 13.6. The third-order valence-electron chi connectivity index (χ3n) is 3.74. The van der Waals surface area contributed by atoms with Gasteiger partial charge in [-0.1, -0.05) is 0 Å². The summed E-state index contributed by atoms with van der Waals surface area (Å²) in [5.41, 5.74) is 5.75. The molecule has 1 unspecified atom stereocenters. The summed E-state index contributed by atoms with van der Waals surface area (Å²) >= 11 is 0. The number of morpholine rings is 1. The molecule has 0 radical (unpaired) electrons. The molecule has 2 fully saturated rings. The van der Waals surface area contributed by atoms with Crippen molar-refractivity contribution in [2.75, 3.05) is 30.4 Å². The van der Waals surface area contributed by atoms with Crippen molar-refractivity contribution >= 4 is 17.3 Å². The molecule has 21 heavy (non-hydrogen) atoms. The zero-order valence-corrected chi connectivity index (χ0v) is 11.4. The summed E-state index contributed by atoms with van der Waals surface area (Å²) in [6.45, 7) is 0.913. The van der Waals surface area contributed by atoms with E-state index in [0.717, 1.165) is 25.0 Å². The van der Waals surface area contributed by atoms with E-state index >= 15 is 0 Å². The van der Waals surface area contributed by atoms with Gasteiger partial charge >= 0.3 is 0 Å². The van der Waals surface area contributed by atoms with Gasteiger partial charge in [-0.05, 0) is 18.9 Å². The number of nitrogens with zero attached hydrogens (tertiary/aromatic N) is 1. The van der Waals surface area contributed by atoms with Crippen molar-refractivity contribution in [2.24, 2.45) is 0 Å². The number of carbonyl (C=O) groups excluding carboxylic acids is 1. The maximum Gasteiger partial charge on any atom is 0.245 e. The van der Waals surface area contributed by atoms with Crippen LogP contribution in [0.2, 0.25) is 0 Å². The van der Waals surface area contributed by atoms with E-state index < -0.39 is 17.7 Å². The SMILES string of the molecule is Nc1c(F)cc(F)cc1N1CCOCC1C(=O)NC1CC1. The fraction of sp³-hybridized carbons (Fsp3) is 0.500. The molecule has 3 rings (SSSR count). The van der Waals surface area contributed by atoms with Gasteiger partial charge in [0, 0.05) is 18.7 Å². The first-order chi connectivity index (χ1) is 10.1. The summed E-state index contributed by atoms with van der Waals surface area (Å²) in [5, 5.41) is 2.88. The topological polar surface area (TPSA) is 67.6 Å². The van der Waals surface area contributed by atoms with Crippen molar-refractivity contribution in [3.63, 3.8) is 0 Å². The van der Waals surface area contributed by atoms with Gasteiger partial charge < -0.3 is 20.7 Å². The molecule has 1 amide bonds. The lowest BCUT2D eigenvalue weighted by molar-refractivity contribution is -0.124. The zero-order chi connectivity index (χ0) is 15.0. The first-order valence-electron chi connectivity index (χ1n) is 6.95. The van der Waals surface area contributed by atoms with E-state index in [-0.39, 0.29) is 29.9 Å². The lowest BCUT2D eigenvalue weighted by Gasteiger charge is -2.37. The Labute approximate surface area is 121 Å². The van der Waals surface area contributed by atoms with Crippen LogP contribution < -0.4 is 16.0 Å². The van der Waals surface area contributed by atoms with Crippen molar-refractivity contribution in [3.8, 4) is 0 Å². The molecule has 2 aliphatic rings. The van der Waals surface area contributed by atoms with Gasteiger partial charge in [0.15, 0.2) is 5.82 Å². The van der Waals surface area contributed by atoms with E-state index in [0.29, 0.717) is 13.2 Å². The van der Waals surface area contributed by atoms with Crippen LogP contribution in [-0.2, 0) is 9.53 Å². The average molecular weight is 297 g/mol. The molecular weight excluding hydrogens is 280 g/mol. The molecule has 3 N–H and O–H groups in total. The highest BCUT2D eigenvalue weighted by Crippen LogP contribution is 2.30. The van der Waals surface area contributed by atoms with Gasteiger partial charge in [-0.25, -0.2) is 8.78 Å².